The van der Waals surface area contributed by atoms with E-state index in [-0.39, 0.29) is 34.2 Å². The van der Waals surface area contributed by atoms with Crippen molar-refractivity contribution in [2.24, 2.45) is 0 Å². The van der Waals surface area contributed by atoms with Crippen molar-refractivity contribution in [3.8, 4) is 11.5 Å². The minimum atomic E-state index is -0.300. The number of ether oxygens (including phenoxy) is 2. The molecular formula is C24H24Cl3N5O4S. The zero-order chi connectivity index (χ0) is 26.9. The van der Waals surface area contributed by atoms with Crippen LogP contribution in [0.2, 0.25) is 15.1 Å². The quantitative estimate of drug-likeness (QED) is 0.178. The molecule has 3 aromatic rings. The summed E-state index contributed by atoms with van der Waals surface area (Å²) < 4.78 is 12.3. The Kier molecular flexibility index (Phi) is 10.5. The molecule has 2 N–H and O–H groups in total. The van der Waals surface area contributed by atoms with Gasteiger partial charge in [0.1, 0.15) is 0 Å². The molecule has 9 nitrogen and oxygen atoms in total. The Morgan fingerprint density at radius 2 is 1.76 bits per heavy atom. The molecule has 0 spiro atoms. The van der Waals surface area contributed by atoms with Crippen LogP contribution in [0.25, 0.3) is 6.08 Å². The number of methoxy groups -OCH3 is 2. The standard InChI is InChI=1S/C24H24Cl3N5O4S/c1-4-32-21(12-28-22(33)8-6-14-5-7-19(35-2)20(9-14)36-3)30-31-24(32)37-13-23(34)29-18-11-16(26)15(25)10-17(18)27/h5-11H,4,12-13H2,1-3H3,(H,28,33)(H,29,34)/b8-6+. The van der Waals surface area contributed by atoms with Gasteiger partial charge in [-0.05, 0) is 42.8 Å². The fourth-order valence-electron chi connectivity index (χ4n) is 3.16. The molecule has 1 aromatic heterocycles. The van der Waals surface area contributed by atoms with Gasteiger partial charge in [-0.1, -0.05) is 52.6 Å². The average molecular weight is 585 g/mol. The number of thioether (sulfide) groups is 1. The molecule has 2 amide bonds. The molecule has 0 atom stereocenters. The summed E-state index contributed by atoms with van der Waals surface area (Å²) in [6.07, 6.45) is 3.09. The van der Waals surface area contributed by atoms with Gasteiger partial charge in [-0.15, -0.1) is 10.2 Å². The Bertz CT molecular complexity index is 1320. The van der Waals surface area contributed by atoms with Crippen LogP contribution in [0, 0.1) is 0 Å². The van der Waals surface area contributed by atoms with Crippen molar-refractivity contribution in [3.63, 3.8) is 0 Å². The van der Waals surface area contributed by atoms with E-state index in [1.54, 1.807) is 32.4 Å². The van der Waals surface area contributed by atoms with Gasteiger partial charge in [-0.25, -0.2) is 0 Å². The summed E-state index contributed by atoms with van der Waals surface area (Å²) in [5.41, 5.74) is 1.15. The van der Waals surface area contributed by atoms with E-state index in [0.717, 1.165) is 5.56 Å². The highest BCUT2D eigenvalue weighted by Gasteiger charge is 2.15. The summed E-state index contributed by atoms with van der Waals surface area (Å²) in [5, 5.41) is 15.2. The first-order valence-corrected chi connectivity index (χ1v) is 13.0. The Labute approximate surface area is 233 Å². The van der Waals surface area contributed by atoms with Crippen LogP contribution in [0.1, 0.15) is 18.3 Å². The summed E-state index contributed by atoms with van der Waals surface area (Å²) in [6, 6.07) is 8.30. The molecule has 1 heterocycles. The lowest BCUT2D eigenvalue weighted by atomic mass is 10.2. The van der Waals surface area contributed by atoms with Gasteiger partial charge in [0.25, 0.3) is 0 Å². The highest BCUT2D eigenvalue weighted by Crippen LogP contribution is 2.32. The number of nitrogens with zero attached hydrogens (tertiary/aromatic N) is 3. The predicted molar refractivity (Wildman–Crippen MR) is 147 cm³/mol. The number of aromatic nitrogens is 3. The van der Waals surface area contributed by atoms with Crippen molar-refractivity contribution in [1.29, 1.82) is 0 Å². The summed E-state index contributed by atoms with van der Waals surface area (Å²) in [7, 11) is 3.11. The number of halogens is 3. The molecule has 0 unspecified atom stereocenters. The molecule has 2 aromatic carbocycles. The fraction of sp³-hybridized carbons (Fsp3) is 0.250. The molecular weight excluding hydrogens is 561 g/mol. The third kappa shape index (κ3) is 7.78. The van der Waals surface area contributed by atoms with Crippen LogP contribution in [0.5, 0.6) is 11.5 Å². The highest BCUT2D eigenvalue weighted by atomic mass is 35.5. The normalized spacial score (nSPS) is 11.0. The number of nitrogens with one attached hydrogen (secondary N) is 2. The minimum Gasteiger partial charge on any atom is -0.493 e. The Morgan fingerprint density at radius 3 is 2.46 bits per heavy atom. The topological polar surface area (TPSA) is 107 Å². The number of hydrogen-bond donors (Lipinski definition) is 2. The summed E-state index contributed by atoms with van der Waals surface area (Å²) in [4.78, 5) is 24.8. The van der Waals surface area contributed by atoms with E-state index < -0.39 is 0 Å². The molecule has 13 heteroatoms. The van der Waals surface area contributed by atoms with E-state index in [1.165, 1.54) is 30.0 Å². The molecule has 3 rings (SSSR count). The highest BCUT2D eigenvalue weighted by molar-refractivity contribution is 7.99. The van der Waals surface area contributed by atoms with E-state index in [2.05, 4.69) is 20.8 Å². The SMILES string of the molecule is CCn1c(CNC(=O)/C=C/c2ccc(OC)c(OC)c2)nnc1SCC(=O)Nc1cc(Cl)c(Cl)cc1Cl. The molecule has 0 aliphatic carbocycles. The molecule has 0 aliphatic heterocycles. The number of rotatable bonds is 11. The smallest absolute Gasteiger partial charge is 0.244 e. The van der Waals surface area contributed by atoms with Gasteiger partial charge in [0, 0.05) is 12.6 Å². The van der Waals surface area contributed by atoms with Gasteiger partial charge in [-0.3, -0.25) is 9.59 Å². The van der Waals surface area contributed by atoms with Crippen LogP contribution >= 0.6 is 46.6 Å². The molecule has 0 bridgehead atoms. The molecule has 0 fully saturated rings. The second-order valence-electron chi connectivity index (χ2n) is 7.39. The van der Waals surface area contributed by atoms with E-state index in [1.807, 2.05) is 17.6 Å². The summed E-state index contributed by atoms with van der Waals surface area (Å²) in [5.74, 6) is 1.20. The Hall–Kier alpha value is -2.92. The number of benzene rings is 2. The van der Waals surface area contributed by atoms with Crippen molar-refractivity contribution >= 4 is 70.1 Å². The molecule has 0 radical (unpaired) electrons. The van der Waals surface area contributed by atoms with Crippen molar-refractivity contribution in [2.45, 2.75) is 25.2 Å². The Balaban J connectivity index is 1.55. The van der Waals surface area contributed by atoms with Crippen LogP contribution in [0.15, 0.2) is 41.6 Å². The van der Waals surface area contributed by atoms with Gasteiger partial charge in [0.05, 0.1) is 47.3 Å². The van der Waals surface area contributed by atoms with E-state index in [4.69, 9.17) is 44.3 Å². The molecule has 196 valence electrons. The van der Waals surface area contributed by atoms with Gasteiger partial charge in [0.15, 0.2) is 22.5 Å². The van der Waals surface area contributed by atoms with Crippen LogP contribution in [0.3, 0.4) is 0 Å². The van der Waals surface area contributed by atoms with E-state index in [9.17, 15) is 9.59 Å². The van der Waals surface area contributed by atoms with Crippen LogP contribution in [-0.4, -0.2) is 46.6 Å². The predicted octanol–water partition coefficient (Wildman–Crippen LogP) is 5.34. The summed E-state index contributed by atoms with van der Waals surface area (Å²) >= 11 is 19.2. The number of carbonyl (C=O) groups is 2. The third-order valence-electron chi connectivity index (χ3n) is 4.98. The maximum Gasteiger partial charge on any atom is 0.244 e. The number of carbonyl (C=O) groups excluding carboxylic acids is 2. The number of amides is 2. The van der Waals surface area contributed by atoms with Gasteiger partial charge >= 0.3 is 0 Å². The molecule has 0 saturated carbocycles. The van der Waals surface area contributed by atoms with Crippen molar-refractivity contribution < 1.29 is 19.1 Å². The van der Waals surface area contributed by atoms with E-state index in [0.29, 0.717) is 39.7 Å². The van der Waals surface area contributed by atoms with Crippen molar-refractivity contribution in [1.82, 2.24) is 20.1 Å². The lowest BCUT2D eigenvalue weighted by Crippen LogP contribution is -2.22. The van der Waals surface area contributed by atoms with Gasteiger partial charge in [-0.2, -0.15) is 0 Å². The third-order valence-corrected chi connectivity index (χ3v) is 6.98. The second kappa shape index (κ2) is 13.6. The lowest BCUT2D eigenvalue weighted by molar-refractivity contribution is -0.116. The van der Waals surface area contributed by atoms with Gasteiger partial charge in [0.2, 0.25) is 11.8 Å². The monoisotopic (exact) mass is 583 g/mol. The largest absolute Gasteiger partial charge is 0.493 e. The summed E-state index contributed by atoms with van der Waals surface area (Å²) in [6.45, 7) is 2.65. The van der Waals surface area contributed by atoms with Crippen LogP contribution in [0.4, 0.5) is 5.69 Å². The second-order valence-corrected chi connectivity index (χ2v) is 9.56. The first-order valence-electron chi connectivity index (χ1n) is 10.9. The zero-order valence-electron chi connectivity index (χ0n) is 20.2. The first-order chi connectivity index (χ1) is 17.7. The number of hydrogen-bond acceptors (Lipinski definition) is 7. The van der Waals surface area contributed by atoms with Crippen molar-refractivity contribution in [2.75, 3.05) is 25.3 Å². The maximum atomic E-state index is 12.4. The van der Waals surface area contributed by atoms with E-state index >= 15 is 0 Å². The lowest BCUT2D eigenvalue weighted by Gasteiger charge is -2.10. The van der Waals surface area contributed by atoms with Crippen molar-refractivity contribution in [3.05, 3.63) is 62.9 Å². The first kappa shape index (κ1) is 28.6. The average Bonchev–Trinajstić information content (AvgIpc) is 3.29. The number of anilines is 1. The zero-order valence-corrected chi connectivity index (χ0v) is 23.3. The van der Waals surface area contributed by atoms with Crippen LogP contribution in [-0.2, 0) is 22.7 Å². The maximum absolute atomic E-state index is 12.4. The Morgan fingerprint density at radius 1 is 1.03 bits per heavy atom. The molecule has 37 heavy (non-hydrogen) atoms. The fourth-order valence-corrected chi connectivity index (χ4v) is 4.58. The van der Waals surface area contributed by atoms with Crippen LogP contribution < -0.4 is 20.1 Å². The minimum absolute atomic E-state index is 0.0646. The van der Waals surface area contributed by atoms with Gasteiger partial charge < -0.3 is 24.7 Å². The molecule has 0 saturated heterocycles. The molecule has 0 aliphatic rings.